The molecule has 0 aliphatic carbocycles. The second kappa shape index (κ2) is 7.09. The zero-order valence-electron chi connectivity index (χ0n) is 11.5. The Kier molecular flexibility index (Phi) is 4.89. The van der Waals surface area contributed by atoms with Gasteiger partial charge in [0.1, 0.15) is 11.5 Å². The molecule has 0 aromatic heterocycles. The summed E-state index contributed by atoms with van der Waals surface area (Å²) in [6.45, 7) is 0. The summed E-state index contributed by atoms with van der Waals surface area (Å²) < 4.78 is 10.2. The molecule has 2 aromatic rings. The summed E-state index contributed by atoms with van der Waals surface area (Å²) in [5.74, 6) is 1.63. The Morgan fingerprint density at radius 1 is 0.650 bits per heavy atom. The molecule has 0 spiro atoms. The molecular formula is C16H16N2O2. The van der Waals surface area contributed by atoms with Gasteiger partial charge in [-0.05, 0) is 48.5 Å². The van der Waals surface area contributed by atoms with E-state index >= 15 is 0 Å². The second-order valence-electron chi connectivity index (χ2n) is 3.95. The van der Waals surface area contributed by atoms with E-state index < -0.39 is 0 Å². The summed E-state index contributed by atoms with van der Waals surface area (Å²) in [6.07, 6.45) is 3.32. The zero-order chi connectivity index (χ0) is 14.2. The van der Waals surface area contributed by atoms with Gasteiger partial charge in [0.2, 0.25) is 0 Å². The van der Waals surface area contributed by atoms with Crippen LogP contribution in [0, 0.1) is 0 Å². The van der Waals surface area contributed by atoms with Crippen molar-refractivity contribution in [3.8, 4) is 11.5 Å². The molecule has 0 aliphatic rings. The number of aliphatic imine (C=N–C) groups is 2. The number of ether oxygens (including phenoxy) is 2. The molecule has 102 valence electrons. The van der Waals surface area contributed by atoms with E-state index in [1.54, 1.807) is 26.6 Å². The minimum absolute atomic E-state index is 0.816. The number of nitrogens with zero attached hydrogens (tertiary/aromatic N) is 2. The fourth-order valence-electron chi connectivity index (χ4n) is 1.58. The van der Waals surface area contributed by atoms with E-state index in [0.29, 0.717) is 0 Å². The normalized spacial score (nSPS) is 11.1. The molecule has 0 unspecified atom stereocenters. The summed E-state index contributed by atoms with van der Waals surface area (Å²) in [4.78, 5) is 8.55. The first-order chi connectivity index (χ1) is 9.81. The predicted octanol–water partition coefficient (Wildman–Crippen LogP) is 3.81. The van der Waals surface area contributed by atoms with Gasteiger partial charge in [-0.1, -0.05) is 0 Å². The van der Waals surface area contributed by atoms with Crippen molar-refractivity contribution < 1.29 is 9.47 Å². The highest BCUT2D eigenvalue weighted by molar-refractivity contribution is 6.17. The molecule has 4 nitrogen and oxygen atoms in total. The van der Waals surface area contributed by atoms with Crippen molar-refractivity contribution in [2.24, 2.45) is 9.98 Å². The summed E-state index contributed by atoms with van der Waals surface area (Å²) in [7, 11) is 3.28. The van der Waals surface area contributed by atoms with Crippen LogP contribution < -0.4 is 9.47 Å². The molecule has 0 fully saturated rings. The highest BCUT2D eigenvalue weighted by Gasteiger charge is 1.91. The van der Waals surface area contributed by atoms with Crippen LogP contribution in [-0.4, -0.2) is 26.6 Å². The van der Waals surface area contributed by atoms with Gasteiger partial charge in [0, 0.05) is 12.4 Å². The standard InChI is InChI=1S/C16H16N2O2/c1-19-15-7-3-13(4-8-15)17-11-12-18-14-5-9-16(20-2)10-6-14/h3-12H,1-2H3/b17-11+,18-12+. The monoisotopic (exact) mass is 268 g/mol. The zero-order valence-corrected chi connectivity index (χ0v) is 11.5. The van der Waals surface area contributed by atoms with Crippen molar-refractivity contribution >= 4 is 23.8 Å². The Morgan fingerprint density at radius 2 is 1.00 bits per heavy atom. The minimum Gasteiger partial charge on any atom is -0.497 e. The van der Waals surface area contributed by atoms with Gasteiger partial charge >= 0.3 is 0 Å². The lowest BCUT2D eigenvalue weighted by atomic mass is 10.3. The van der Waals surface area contributed by atoms with Crippen LogP contribution in [-0.2, 0) is 0 Å². The molecular weight excluding hydrogens is 252 g/mol. The lowest BCUT2D eigenvalue weighted by molar-refractivity contribution is 0.415. The molecule has 0 radical (unpaired) electrons. The molecule has 0 saturated carbocycles. The Hall–Kier alpha value is -2.62. The Labute approximate surface area is 118 Å². The first-order valence-electron chi connectivity index (χ1n) is 6.16. The summed E-state index contributed by atoms with van der Waals surface area (Å²) in [5, 5.41) is 0. The maximum absolute atomic E-state index is 5.08. The van der Waals surface area contributed by atoms with E-state index in [0.717, 1.165) is 22.9 Å². The fraction of sp³-hybridized carbons (Fsp3) is 0.125. The Balaban J connectivity index is 1.95. The van der Waals surface area contributed by atoms with Crippen LogP contribution in [0.1, 0.15) is 0 Å². The van der Waals surface area contributed by atoms with Crippen LogP contribution in [0.15, 0.2) is 58.5 Å². The molecule has 0 aliphatic heterocycles. The molecule has 0 atom stereocenters. The van der Waals surface area contributed by atoms with E-state index in [2.05, 4.69) is 9.98 Å². The topological polar surface area (TPSA) is 43.2 Å². The Bertz CT molecular complexity index is 531. The van der Waals surface area contributed by atoms with Crippen molar-refractivity contribution in [1.82, 2.24) is 0 Å². The first kappa shape index (κ1) is 13.8. The van der Waals surface area contributed by atoms with Crippen molar-refractivity contribution in [2.45, 2.75) is 0 Å². The average Bonchev–Trinajstić information content (AvgIpc) is 2.53. The molecule has 20 heavy (non-hydrogen) atoms. The van der Waals surface area contributed by atoms with Gasteiger partial charge in [0.15, 0.2) is 0 Å². The molecule has 2 rings (SSSR count). The van der Waals surface area contributed by atoms with Gasteiger partial charge in [0.25, 0.3) is 0 Å². The lowest BCUT2D eigenvalue weighted by Gasteiger charge is -1.98. The third kappa shape index (κ3) is 3.95. The second-order valence-corrected chi connectivity index (χ2v) is 3.95. The number of benzene rings is 2. The molecule has 2 aromatic carbocycles. The minimum atomic E-state index is 0.816. The van der Waals surface area contributed by atoms with Crippen LogP contribution in [0.5, 0.6) is 11.5 Å². The van der Waals surface area contributed by atoms with Crippen molar-refractivity contribution in [2.75, 3.05) is 14.2 Å². The predicted molar refractivity (Wildman–Crippen MR) is 82.3 cm³/mol. The van der Waals surface area contributed by atoms with Crippen LogP contribution in [0.25, 0.3) is 0 Å². The largest absolute Gasteiger partial charge is 0.497 e. The van der Waals surface area contributed by atoms with Gasteiger partial charge in [-0.15, -0.1) is 0 Å². The summed E-state index contributed by atoms with van der Waals surface area (Å²) >= 11 is 0. The fourth-order valence-corrected chi connectivity index (χ4v) is 1.58. The van der Waals surface area contributed by atoms with E-state index in [-0.39, 0.29) is 0 Å². The van der Waals surface area contributed by atoms with E-state index in [1.807, 2.05) is 48.5 Å². The van der Waals surface area contributed by atoms with Crippen LogP contribution in [0.2, 0.25) is 0 Å². The molecule has 0 N–H and O–H groups in total. The highest BCUT2D eigenvalue weighted by Crippen LogP contribution is 2.18. The smallest absolute Gasteiger partial charge is 0.119 e. The van der Waals surface area contributed by atoms with Crippen molar-refractivity contribution in [3.05, 3.63) is 48.5 Å². The van der Waals surface area contributed by atoms with Crippen LogP contribution in [0.3, 0.4) is 0 Å². The molecule has 0 saturated heterocycles. The van der Waals surface area contributed by atoms with Crippen molar-refractivity contribution in [3.63, 3.8) is 0 Å². The molecule has 0 amide bonds. The maximum atomic E-state index is 5.08. The van der Waals surface area contributed by atoms with Gasteiger partial charge in [-0.3, -0.25) is 9.98 Å². The van der Waals surface area contributed by atoms with E-state index in [4.69, 9.17) is 9.47 Å². The summed E-state index contributed by atoms with van der Waals surface area (Å²) in [5.41, 5.74) is 1.71. The number of hydrogen-bond acceptors (Lipinski definition) is 4. The lowest BCUT2D eigenvalue weighted by Crippen LogP contribution is -1.81. The number of methoxy groups -OCH3 is 2. The van der Waals surface area contributed by atoms with Crippen LogP contribution >= 0.6 is 0 Å². The highest BCUT2D eigenvalue weighted by atomic mass is 16.5. The summed E-state index contributed by atoms with van der Waals surface area (Å²) in [6, 6.07) is 15.0. The van der Waals surface area contributed by atoms with E-state index in [1.165, 1.54) is 0 Å². The third-order valence-electron chi connectivity index (χ3n) is 2.66. The number of hydrogen-bond donors (Lipinski definition) is 0. The first-order valence-corrected chi connectivity index (χ1v) is 6.16. The average molecular weight is 268 g/mol. The third-order valence-corrected chi connectivity index (χ3v) is 2.66. The quantitative estimate of drug-likeness (QED) is 0.774. The van der Waals surface area contributed by atoms with Gasteiger partial charge < -0.3 is 9.47 Å². The van der Waals surface area contributed by atoms with Gasteiger partial charge in [-0.2, -0.15) is 0 Å². The maximum Gasteiger partial charge on any atom is 0.119 e. The molecule has 0 bridgehead atoms. The van der Waals surface area contributed by atoms with Gasteiger partial charge in [-0.25, -0.2) is 0 Å². The van der Waals surface area contributed by atoms with Crippen molar-refractivity contribution in [1.29, 1.82) is 0 Å². The number of rotatable bonds is 5. The van der Waals surface area contributed by atoms with Gasteiger partial charge in [0.05, 0.1) is 25.6 Å². The Morgan fingerprint density at radius 3 is 1.30 bits per heavy atom. The van der Waals surface area contributed by atoms with E-state index in [9.17, 15) is 0 Å². The molecule has 0 heterocycles. The molecule has 4 heteroatoms. The van der Waals surface area contributed by atoms with Crippen LogP contribution in [0.4, 0.5) is 11.4 Å². The SMILES string of the molecule is COc1ccc(/N=C/C=N/c2ccc(OC)cc2)cc1.